The number of hydrogen-bond acceptors (Lipinski definition) is 3. The molecule has 0 fully saturated rings. The predicted molar refractivity (Wildman–Crippen MR) is 110 cm³/mol. The highest BCUT2D eigenvalue weighted by Crippen LogP contribution is 2.35. The molecule has 1 aromatic heterocycles. The summed E-state index contributed by atoms with van der Waals surface area (Å²) in [7, 11) is 0. The van der Waals surface area contributed by atoms with Crippen LogP contribution < -0.4 is 11.1 Å². The Morgan fingerprint density at radius 2 is 1.81 bits per heavy atom. The van der Waals surface area contributed by atoms with Crippen molar-refractivity contribution in [1.82, 2.24) is 10.3 Å². The molecule has 0 aliphatic heterocycles. The lowest BCUT2D eigenvalue weighted by molar-refractivity contribution is 0.0978. The summed E-state index contributed by atoms with van der Waals surface area (Å²) in [4.78, 5) is 17.4. The van der Waals surface area contributed by atoms with Crippen LogP contribution in [0.2, 0.25) is 0 Å². The Labute approximate surface area is 159 Å². The first-order valence-electron chi connectivity index (χ1n) is 8.98. The normalized spacial score (nSPS) is 11.4. The molecule has 5 heteroatoms. The minimum atomic E-state index is -0.408. The number of benzene rings is 2. The lowest BCUT2D eigenvalue weighted by Crippen LogP contribution is -2.35. The lowest BCUT2D eigenvalue weighted by atomic mass is 9.79. The largest absolute Gasteiger partial charge is 0.370 e. The van der Waals surface area contributed by atoms with Crippen molar-refractivity contribution in [1.29, 1.82) is 5.41 Å². The number of nitrogens with zero attached hydrogens (tertiary/aromatic N) is 1. The zero-order chi connectivity index (χ0) is 19.6. The molecule has 0 aliphatic carbocycles. The molecule has 1 heterocycles. The van der Waals surface area contributed by atoms with Gasteiger partial charge in [0.25, 0.3) is 5.91 Å². The Bertz CT molecular complexity index is 1020. The third-order valence-corrected chi connectivity index (χ3v) is 5.03. The summed E-state index contributed by atoms with van der Waals surface area (Å²) < 4.78 is 0. The van der Waals surface area contributed by atoms with Gasteiger partial charge in [0, 0.05) is 10.9 Å². The topological polar surface area (TPSA) is 91.9 Å². The number of guanidine groups is 1. The lowest BCUT2D eigenvalue weighted by Gasteiger charge is -2.26. The van der Waals surface area contributed by atoms with E-state index >= 15 is 0 Å². The number of aromatic nitrogens is 1. The van der Waals surface area contributed by atoms with E-state index in [1.807, 2.05) is 42.5 Å². The van der Waals surface area contributed by atoms with E-state index in [0.29, 0.717) is 5.56 Å². The van der Waals surface area contributed by atoms with E-state index in [0.717, 1.165) is 28.6 Å². The molecule has 3 rings (SSSR count). The Hall–Kier alpha value is -3.21. The van der Waals surface area contributed by atoms with Crippen LogP contribution in [-0.2, 0) is 5.41 Å². The maximum absolute atomic E-state index is 12.6. The molecule has 1 amide bonds. The van der Waals surface area contributed by atoms with E-state index in [4.69, 9.17) is 16.1 Å². The SMILES string of the molecule is CCC(C)(C)c1ccccc1-c1cc(C(=O)NC(=N)N)c2ccccc2n1. The number of rotatable bonds is 4. The predicted octanol–water partition coefficient (Wildman–Crippen LogP) is 4.21. The molecule has 3 aromatic rings. The van der Waals surface area contributed by atoms with Gasteiger partial charge in [-0.05, 0) is 29.5 Å². The Morgan fingerprint density at radius 3 is 2.52 bits per heavy atom. The van der Waals surface area contributed by atoms with E-state index in [9.17, 15) is 4.79 Å². The van der Waals surface area contributed by atoms with Gasteiger partial charge in [-0.3, -0.25) is 15.5 Å². The van der Waals surface area contributed by atoms with Crippen molar-refractivity contribution >= 4 is 22.8 Å². The monoisotopic (exact) mass is 360 g/mol. The van der Waals surface area contributed by atoms with Crippen molar-refractivity contribution < 1.29 is 4.79 Å². The van der Waals surface area contributed by atoms with E-state index in [-0.39, 0.29) is 11.4 Å². The molecule has 0 atom stereocenters. The van der Waals surface area contributed by atoms with E-state index < -0.39 is 5.91 Å². The number of para-hydroxylation sites is 1. The summed E-state index contributed by atoms with van der Waals surface area (Å²) in [5, 5.41) is 10.5. The average molecular weight is 360 g/mol. The molecule has 5 nitrogen and oxygen atoms in total. The van der Waals surface area contributed by atoms with Gasteiger partial charge >= 0.3 is 0 Å². The summed E-state index contributed by atoms with van der Waals surface area (Å²) in [5.41, 5.74) is 9.45. The number of fused-ring (bicyclic) bond motifs is 1. The first kappa shape index (κ1) is 18.6. The highest BCUT2D eigenvalue weighted by atomic mass is 16.1. The zero-order valence-electron chi connectivity index (χ0n) is 15.8. The summed E-state index contributed by atoms with van der Waals surface area (Å²) in [6.45, 7) is 6.57. The standard InChI is InChI=1S/C22H24N4O/c1-4-22(2,3)17-11-7-5-10-15(17)19-13-16(20(27)26-21(23)24)14-9-6-8-12-18(14)25-19/h5-13H,4H2,1-3H3,(H4,23,24,26,27). The summed E-state index contributed by atoms with van der Waals surface area (Å²) in [6, 6.07) is 17.4. The van der Waals surface area contributed by atoms with E-state index in [1.54, 1.807) is 6.07 Å². The van der Waals surface area contributed by atoms with Crippen LogP contribution in [0.4, 0.5) is 0 Å². The second-order valence-corrected chi connectivity index (χ2v) is 7.22. The quantitative estimate of drug-likeness (QED) is 0.481. The van der Waals surface area contributed by atoms with Crippen LogP contribution in [0.3, 0.4) is 0 Å². The Morgan fingerprint density at radius 1 is 1.15 bits per heavy atom. The van der Waals surface area contributed by atoms with Gasteiger partial charge in [0.05, 0.1) is 16.8 Å². The summed E-state index contributed by atoms with van der Waals surface area (Å²) in [5.74, 6) is -0.787. The van der Waals surface area contributed by atoms with Crippen molar-refractivity contribution in [2.75, 3.05) is 0 Å². The van der Waals surface area contributed by atoms with Gasteiger partial charge in [0.2, 0.25) is 0 Å². The third kappa shape index (κ3) is 3.67. The smallest absolute Gasteiger partial charge is 0.258 e. The summed E-state index contributed by atoms with van der Waals surface area (Å²) in [6.07, 6.45) is 0.981. The highest BCUT2D eigenvalue weighted by molar-refractivity contribution is 6.12. The third-order valence-electron chi connectivity index (χ3n) is 5.03. The second-order valence-electron chi connectivity index (χ2n) is 7.22. The molecule has 0 spiro atoms. The van der Waals surface area contributed by atoms with Gasteiger partial charge in [0.15, 0.2) is 5.96 Å². The summed E-state index contributed by atoms with van der Waals surface area (Å²) >= 11 is 0. The Balaban J connectivity index is 2.26. The van der Waals surface area contributed by atoms with Crippen LogP contribution in [-0.4, -0.2) is 16.9 Å². The fourth-order valence-electron chi connectivity index (χ4n) is 3.18. The van der Waals surface area contributed by atoms with Crippen molar-refractivity contribution in [2.45, 2.75) is 32.6 Å². The number of pyridine rings is 1. The minimum absolute atomic E-state index is 0.0221. The van der Waals surface area contributed by atoms with Crippen molar-refractivity contribution in [2.24, 2.45) is 5.73 Å². The fraction of sp³-hybridized carbons (Fsp3) is 0.227. The molecular weight excluding hydrogens is 336 g/mol. The zero-order valence-corrected chi connectivity index (χ0v) is 15.8. The first-order chi connectivity index (χ1) is 12.8. The molecule has 2 aromatic carbocycles. The van der Waals surface area contributed by atoms with Gasteiger partial charge in [0.1, 0.15) is 0 Å². The molecule has 0 bridgehead atoms. The number of nitrogens with two attached hydrogens (primary N) is 1. The van der Waals surface area contributed by atoms with E-state index in [1.165, 1.54) is 5.56 Å². The minimum Gasteiger partial charge on any atom is -0.370 e. The molecule has 0 saturated carbocycles. The fourth-order valence-corrected chi connectivity index (χ4v) is 3.18. The van der Waals surface area contributed by atoms with Crippen molar-refractivity contribution in [3.8, 4) is 11.3 Å². The molecule has 0 radical (unpaired) electrons. The maximum Gasteiger partial charge on any atom is 0.258 e. The number of carbonyl (C=O) groups excluding carboxylic acids is 1. The average Bonchev–Trinajstić information content (AvgIpc) is 2.66. The van der Waals surface area contributed by atoms with Gasteiger partial charge in [-0.2, -0.15) is 0 Å². The van der Waals surface area contributed by atoms with Gasteiger partial charge in [-0.15, -0.1) is 0 Å². The van der Waals surface area contributed by atoms with Crippen LogP contribution in [0, 0.1) is 5.41 Å². The van der Waals surface area contributed by atoms with Gasteiger partial charge < -0.3 is 5.73 Å². The highest BCUT2D eigenvalue weighted by Gasteiger charge is 2.23. The number of amides is 1. The molecule has 0 aliphatic rings. The molecule has 138 valence electrons. The molecule has 0 unspecified atom stereocenters. The maximum atomic E-state index is 12.6. The van der Waals surface area contributed by atoms with Crippen molar-refractivity contribution in [3.05, 3.63) is 65.7 Å². The van der Waals surface area contributed by atoms with Crippen LogP contribution in [0.15, 0.2) is 54.6 Å². The number of carbonyl (C=O) groups is 1. The van der Waals surface area contributed by atoms with Crippen molar-refractivity contribution in [3.63, 3.8) is 0 Å². The molecule has 0 saturated heterocycles. The van der Waals surface area contributed by atoms with E-state index in [2.05, 4.69) is 32.2 Å². The van der Waals surface area contributed by atoms with Gasteiger partial charge in [-0.25, -0.2) is 4.98 Å². The molecule has 27 heavy (non-hydrogen) atoms. The van der Waals surface area contributed by atoms with Gasteiger partial charge in [-0.1, -0.05) is 63.2 Å². The number of hydrogen-bond donors (Lipinski definition) is 3. The second kappa shape index (κ2) is 7.19. The van der Waals surface area contributed by atoms with Crippen LogP contribution in [0.1, 0.15) is 43.1 Å². The molecular formula is C22H24N4O. The number of nitrogens with one attached hydrogen (secondary N) is 2. The first-order valence-corrected chi connectivity index (χ1v) is 8.98. The van der Waals surface area contributed by atoms with Crippen LogP contribution >= 0.6 is 0 Å². The van der Waals surface area contributed by atoms with Crippen LogP contribution in [0.5, 0.6) is 0 Å². The Kier molecular flexibility index (Phi) is 4.95. The van der Waals surface area contributed by atoms with Crippen LogP contribution in [0.25, 0.3) is 22.2 Å². The molecule has 4 N–H and O–H groups in total.